The van der Waals surface area contributed by atoms with Crippen molar-refractivity contribution in [3.8, 4) is 5.82 Å². The van der Waals surface area contributed by atoms with E-state index in [9.17, 15) is 14.1 Å². The summed E-state index contributed by atoms with van der Waals surface area (Å²) in [5.74, 6) is 0.429. The fourth-order valence-electron chi connectivity index (χ4n) is 2.51. The molecule has 0 aliphatic rings. The maximum Gasteiger partial charge on any atom is 0.278 e. The number of hydrogen-bond donors (Lipinski definition) is 2. The first-order valence-electron chi connectivity index (χ1n) is 7.51. The van der Waals surface area contributed by atoms with E-state index in [2.05, 4.69) is 21.5 Å². The van der Waals surface area contributed by atoms with Gasteiger partial charge in [0.05, 0.1) is 12.2 Å². The van der Waals surface area contributed by atoms with Crippen molar-refractivity contribution in [1.29, 1.82) is 0 Å². The fraction of sp³-hybridized carbons (Fsp3) is 0.250. The molecule has 3 rings (SSSR count). The van der Waals surface area contributed by atoms with Crippen molar-refractivity contribution in [2.45, 2.75) is 26.0 Å². The average molecular weight is 359 g/mol. The lowest BCUT2D eigenvalue weighted by atomic mass is 10.1. The van der Waals surface area contributed by atoms with Gasteiger partial charge in [-0.2, -0.15) is 0 Å². The van der Waals surface area contributed by atoms with Gasteiger partial charge in [-0.15, -0.1) is 6.58 Å². The fourth-order valence-corrected chi connectivity index (χ4v) is 2.74. The van der Waals surface area contributed by atoms with E-state index in [1.165, 1.54) is 10.9 Å². The molecule has 0 bridgehead atoms. The van der Waals surface area contributed by atoms with Crippen LogP contribution in [0.4, 0.5) is 0 Å². The van der Waals surface area contributed by atoms with E-state index >= 15 is 0 Å². The molecule has 3 heterocycles. The first-order chi connectivity index (χ1) is 11.9. The summed E-state index contributed by atoms with van der Waals surface area (Å²) < 4.78 is 14.2. The van der Waals surface area contributed by atoms with E-state index in [-0.39, 0.29) is 28.1 Å². The zero-order valence-electron chi connectivity index (χ0n) is 13.8. The highest BCUT2D eigenvalue weighted by atomic mass is 32.1. The van der Waals surface area contributed by atoms with Crippen molar-refractivity contribution in [3.05, 3.63) is 57.9 Å². The van der Waals surface area contributed by atoms with E-state index in [1.807, 2.05) is 0 Å². The highest BCUT2D eigenvalue weighted by Gasteiger charge is 2.20. The molecular weight excluding hydrogens is 342 g/mol. The monoisotopic (exact) mass is 359 g/mol. The maximum atomic E-state index is 12.7. The van der Waals surface area contributed by atoms with E-state index in [0.717, 1.165) is 0 Å². The van der Waals surface area contributed by atoms with Gasteiger partial charge in [-0.25, -0.2) is 23.5 Å². The smallest absolute Gasteiger partial charge is 0.278 e. The highest BCUT2D eigenvalue weighted by molar-refractivity contribution is 7.56. The van der Waals surface area contributed by atoms with Crippen LogP contribution in [0.15, 0.2) is 41.8 Å². The third kappa shape index (κ3) is 2.99. The van der Waals surface area contributed by atoms with E-state index in [1.54, 1.807) is 42.8 Å². The molecule has 0 unspecified atom stereocenters. The number of allylic oxidation sites excluding steroid dienone is 1. The molecule has 9 heteroatoms. The maximum absolute atomic E-state index is 12.7. The van der Waals surface area contributed by atoms with Crippen LogP contribution in [-0.2, 0) is 23.4 Å². The molecule has 3 aromatic rings. The van der Waals surface area contributed by atoms with E-state index < -0.39 is 5.60 Å². The second-order valence-electron chi connectivity index (χ2n) is 5.96. The minimum Gasteiger partial charge on any atom is -0.384 e. The molecule has 130 valence electrons. The third-order valence-electron chi connectivity index (χ3n) is 3.67. The molecule has 0 atom stereocenters. The molecule has 2 N–H and O–H groups in total. The van der Waals surface area contributed by atoms with Gasteiger partial charge in [0, 0.05) is 6.20 Å². The number of aliphatic hydroxyl groups is 1. The molecule has 0 amide bonds. The van der Waals surface area contributed by atoms with Gasteiger partial charge in [0.2, 0.25) is 4.77 Å². The predicted octanol–water partition coefficient (Wildman–Crippen LogP) is 1.07. The van der Waals surface area contributed by atoms with Crippen LogP contribution >= 0.6 is 0 Å². The van der Waals surface area contributed by atoms with Gasteiger partial charge in [0.15, 0.2) is 5.82 Å². The summed E-state index contributed by atoms with van der Waals surface area (Å²) in [5.41, 5.74) is -0.557. The van der Waals surface area contributed by atoms with Crippen LogP contribution < -0.4 is 5.56 Å². The van der Waals surface area contributed by atoms with Crippen LogP contribution in [0.2, 0.25) is 0 Å². The van der Waals surface area contributed by atoms with Crippen LogP contribution in [0.5, 0.6) is 0 Å². The Morgan fingerprint density at radius 3 is 2.84 bits per heavy atom. The Kier molecular flexibility index (Phi) is 4.27. The van der Waals surface area contributed by atoms with Crippen LogP contribution in [-0.4, -0.2) is 33.6 Å². The van der Waals surface area contributed by atoms with E-state index in [0.29, 0.717) is 22.5 Å². The summed E-state index contributed by atoms with van der Waals surface area (Å²) in [6.07, 6.45) is 2.96. The SMILES string of the molecule is C=CCn1c(=O)c2cnc(=S=O)[nH]c2n1-c1cccc(C(C)(C)O)n1. The predicted molar refractivity (Wildman–Crippen MR) is 94.3 cm³/mol. The Morgan fingerprint density at radius 2 is 2.20 bits per heavy atom. The summed E-state index contributed by atoms with van der Waals surface area (Å²) in [6.45, 7) is 7.19. The number of nitrogens with zero attached hydrogens (tertiary/aromatic N) is 4. The number of aromatic amines is 1. The number of nitrogens with one attached hydrogen (secondary N) is 1. The van der Waals surface area contributed by atoms with Crippen molar-refractivity contribution in [2.75, 3.05) is 0 Å². The summed E-state index contributed by atoms with van der Waals surface area (Å²) >= 11 is 0.202. The molecule has 25 heavy (non-hydrogen) atoms. The molecule has 0 spiro atoms. The second-order valence-corrected chi connectivity index (χ2v) is 6.52. The Balaban J connectivity index is 2.42. The average Bonchev–Trinajstić information content (AvgIpc) is 2.86. The van der Waals surface area contributed by atoms with Gasteiger partial charge in [0.25, 0.3) is 5.56 Å². The molecule has 8 nitrogen and oxygen atoms in total. The van der Waals surface area contributed by atoms with Crippen LogP contribution in [0.25, 0.3) is 16.9 Å². The van der Waals surface area contributed by atoms with Gasteiger partial charge in [0.1, 0.15) is 27.9 Å². The summed E-state index contributed by atoms with van der Waals surface area (Å²) in [4.78, 5) is 23.9. The van der Waals surface area contributed by atoms with Crippen LogP contribution in [0, 0.1) is 4.77 Å². The van der Waals surface area contributed by atoms with Crippen molar-refractivity contribution >= 4 is 22.3 Å². The summed E-state index contributed by atoms with van der Waals surface area (Å²) in [5, 5.41) is 10.5. The molecule has 0 fully saturated rings. The Morgan fingerprint density at radius 1 is 1.44 bits per heavy atom. The van der Waals surface area contributed by atoms with Crippen molar-refractivity contribution < 1.29 is 9.32 Å². The Bertz CT molecular complexity index is 1110. The summed E-state index contributed by atoms with van der Waals surface area (Å²) in [7, 11) is 0. The number of H-pyrrole nitrogens is 1. The Hall–Kier alpha value is -2.78. The molecule has 0 aromatic carbocycles. The molecule has 3 aromatic heterocycles. The number of pyridine rings is 1. The number of fused-ring (bicyclic) bond motifs is 1. The highest BCUT2D eigenvalue weighted by Crippen LogP contribution is 2.20. The Labute approximate surface area is 146 Å². The van der Waals surface area contributed by atoms with E-state index in [4.69, 9.17) is 0 Å². The topological polar surface area (TPSA) is 106 Å². The minimum absolute atomic E-state index is 0.135. The molecule has 0 radical (unpaired) electrons. The minimum atomic E-state index is -1.14. The van der Waals surface area contributed by atoms with Crippen molar-refractivity contribution in [3.63, 3.8) is 0 Å². The quantitative estimate of drug-likeness (QED) is 0.535. The van der Waals surface area contributed by atoms with Gasteiger partial charge in [-0.05, 0) is 26.0 Å². The third-order valence-corrected chi connectivity index (χ3v) is 4.03. The van der Waals surface area contributed by atoms with Crippen LogP contribution in [0.3, 0.4) is 0 Å². The lowest BCUT2D eigenvalue weighted by molar-refractivity contribution is 0.0738. The molecule has 0 saturated heterocycles. The number of rotatable bonds is 4. The van der Waals surface area contributed by atoms with Crippen LogP contribution in [0.1, 0.15) is 19.5 Å². The first-order valence-corrected chi connectivity index (χ1v) is 8.26. The second kappa shape index (κ2) is 6.26. The zero-order chi connectivity index (χ0) is 18.2. The summed E-state index contributed by atoms with van der Waals surface area (Å²) in [6, 6.07) is 5.16. The first kappa shape index (κ1) is 17.1. The lowest BCUT2D eigenvalue weighted by Gasteiger charge is -2.18. The normalized spacial score (nSPS) is 11.6. The molecule has 0 aliphatic heterocycles. The largest absolute Gasteiger partial charge is 0.384 e. The van der Waals surface area contributed by atoms with Gasteiger partial charge < -0.3 is 10.1 Å². The van der Waals surface area contributed by atoms with Gasteiger partial charge >= 0.3 is 0 Å². The number of aromatic nitrogens is 5. The lowest BCUT2D eigenvalue weighted by Crippen LogP contribution is -2.23. The molecule has 0 aliphatic carbocycles. The standard InChI is InChI=1S/C16H17N5O3S/c1-4-8-20-14(22)10-9-17-15(25-24)19-13(10)21(20)12-7-5-6-11(18-12)16(2,3)23/h4-7,9,19,23H,1,8H2,2-3H3. The van der Waals surface area contributed by atoms with Crippen molar-refractivity contribution in [1.82, 2.24) is 24.3 Å². The zero-order valence-corrected chi connectivity index (χ0v) is 14.6. The van der Waals surface area contributed by atoms with Gasteiger partial charge in [-0.1, -0.05) is 12.1 Å². The number of hydrogen-bond acceptors (Lipinski definition) is 5. The van der Waals surface area contributed by atoms with Gasteiger partial charge in [-0.3, -0.25) is 4.79 Å². The molecule has 0 saturated carbocycles. The van der Waals surface area contributed by atoms with Crippen molar-refractivity contribution in [2.24, 2.45) is 0 Å². The molecular formula is C16H17N5O3S.